The van der Waals surface area contributed by atoms with Crippen molar-refractivity contribution in [2.24, 2.45) is 5.73 Å². The fourth-order valence-corrected chi connectivity index (χ4v) is 1.94. The third-order valence-electron chi connectivity index (χ3n) is 3.00. The summed E-state index contributed by atoms with van der Waals surface area (Å²) in [7, 11) is 4.67. The van der Waals surface area contributed by atoms with Crippen LogP contribution in [-0.4, -0.2) is 33.0 Å². The fourth-order valence-electron chi connectivity index (χ4n) is 1.94. The van der Waals surface area contributed by atoms with Crippen molar-refractivity contribution < 1.29 is 19.3 Å². The third kappa shape index (κ3) is 4.01. The second-order valence-corrected chi connectivity index (χ2v) is 4.26. The summed E-state index contributed by atoms with van der Waals surface area (Å²) >= 11 is 0. The van der Waals surface area contributed by atoms with Crippen molar-refractivity contribution >= 4 is 0 Å². The number of benzene rings is 1. The van der Waals surface area contributed by atoms with Crippen molar-refractivity contribution in [2.75, 3.05) is 27.9 Å². The van der Waals surface area contributed by atoms with Crippen molar-refractivity contribution in [1.29, 1.82) is 0 Å². The van der Waals surface area contributed by atoms with Crippen LogP contribution in [0.2, 0.25) is 0 Å². The number of nitrogens with two attached hydrogens (primary N) is 1. The molecule has 19 heavy (non-hydrogen) atoms. The number of hydrogen-bond donors (Lipinski definition) is 2. The number of aliphatic hydroxyl groups is 1. The highest BCUT2D eigenvalue weighted by molar-refractivity contribution is 5.54. The Morgan fingerprint density at radius 3 is 2.05 bits per heavy atom. The Kier molecular flexibility index (Phi) is 6.45. The zero-order chi connectivity index (χ0) is 14.3. The average molecular weight is 269 g/mol. The van der Waals surface area contributed by atoms with E-state index in [1.165, 1.54) is 0 Å². The van der Waals surface area contributed by atoms with Gasteiger partial charge in [0.1, 0.15) is 0 Å². The Bertz CT molecular complexity index is 370. The first-order valence-electron chi connectivity index (χ1n) is 6.36. The minimum absolute atomic E-state index is 0.530. The minimum Gasteiger partial charge on any atom is -0.493 e. The molecule has 0 heterocycles. The summed E-state index contributed by atoms with van der Waals surface area (Å²) in [4.78, 5) is 0. The maximum absolute atomic E-state index is 10.2. The van der Waals surface area contributed by atoms with Gasteiger partial charge in [-0.2, -0.15) is 0 Å². The molecular formula is C14H23NO4. The highest BCUT2D eigenvalue weighted by Gasteiger charge is 2.17. The van der Waals surface area contributed by atoms with E-state index >= 15 is 0 Å². The number of hydrogen-bond acceptors (Lipinski definition) is 5. The van der Waals surface area contributed by atoms with Gasteiger partial charge in [0, 0.05) is 0 Å². The molecule has 5 nitrogen and oxygen atoms in total. The molecule has 0 saturated carbocycles. The van der Waals surface area contributed by atoms with Crippen molar-refractivity contribution in [3.05, 3.63) is 17.7 Å². The first-order valence-corrected chi connectivity index (χ1v) is 6.36. The molecule has 108 valence electrons. The van der Waals surface area contributed by atoms with Gasteiger partial charge in [0.05, 0.1) is 27.4 Å². The molecule has 3 N–H and O–H groups in total. The van der Waals surface area contributed by atoms with Gasteiger partial charge in [0.25, 0.3) is 0 Å². The van der Waals surface area contributed by atoms with Crippen LogP contribution in [0.15, 0.2) is 12.1 Å². The van der Waals surface area contributed by atoms with Gasteiger partial charge >= 0.3 is 0 Å². The molecule has 0 saturated heterocycles. The van der Waals surface area contributed by atoms with E-state index in [-0.39, 0.29) is 0 Å². The highest BCUT2D eigenvalue weighted by atomic mass is 16.5. The number of rotatable bonds is 8. The predicted octanol–water partition coefficient (Wildman–Crippen LogP) is 1.87. The van der Waals surface area contributed by atoms with Crippen molar-refractivity contribution in [2.45, 2.75) is 25.4 Å². The summed E-state index contributed by atoms with van der Waals surface area (Å²) < 4.78 is 15.8. The standard InChI is InChI=1S/C14H23NO4/c1-17-12-8-10(11(16)6-4-5-7-15)9-13(18-2)14(12)19-3/h8-9,11,16H,4-7,15H2,1-3H3. The number of aliphatic hydroxyl groups excluding tert-OH is 1. The van der Waals surface area contributed by atoms with Crippen LogP contribution >= 0.6 is 0 Å². The lowest BCUT2D eigenvalue weighted by molar-refractivity contribution is 0.163. The zero-order valence-electron chi connectivity index (χ0n) is 11.8. The van der Waals surface area contributed by atoms with Crippen LogP contribution < -0.4 is 19.9 Å². The molecule has 0 amide bonds. The second kappa shape index (κ2) is 7.86. The first-order chi connectivity index (χ1) is 9.17. The van der Waals surface area contributed by atoms with E-state index in [0.717, 1.165) is 18.4 Å². The van der Waals surface area contributed by atoms with Crippen LogP contribution in [-0.2, 0) is 0 Å². The molecule has 0 bridgehead atoms. The molecule has 1 rings (SSSR count). The molecule has 1 atom stereocenters. The van der Waals surface area contributed by atoms with E-state index in [1.807, 2.05) is 0 Å². The van der Waals surface area contributed by atoms with Crippen molar-refractivity contribution in [1.82, 2.24) is 0 Å². The Morgan fingerprint density at radius 1 is 1.05 bits per heavy atom. The molecule has 0 aliphatic carbocycles. The third-order valence-corrected chi connectivity index (χ3v) is 3.00. The number of unbranched alkanes of at least 4 members (excludes halogenated alkanes) is 1. The highest BCUT2D eigenvalue weighted by Crippen LogP contribution is 2.40. The molecule has 0 spiro atoms. The van der Waals surface area contributed by atoms with E-state index < -0.39 is 6.10 Å². The molecule has 0 aliphatic rings. The molecular weight excluding hydrogens is 246 g/mol. The maximum atomic E-state index is 10.2. The van der Waals surface area contributed by atoms with Crippen molar-refractivity contribution in [3.8, 4) is 17.2 Å². The lowest BCUT2D eigenvalue weighted by Gasteiger charge is -2.17. The van der Waals surface area contributed by atoms with E-state index in [0.29, 0.717) is 30.2 Å². The van der Waals surface area contributed by atoms with Crippen LogP contribution in [0.25, 0.3) is 0 Å². The van der Waals surface area contributed by atoms with Crippen molar-refractivity contribution in [3.63, 3.8) is 0 Å². The lowest BCUT2D eigenvalue weighted by Crippen LogP contribution is -2.03. The quantitative estimate of drug-likeness (QED) is 0.705. The van der Waals surface area contributed by atoms with Gasteiger partial charge in [0.15, 0.2) is 11.5 Å². The summed E-state index contributed by atoms with van der Waals surface area (Å²) in [6.45, 7) is 0.641. The van der Waals surface area contributed by atoms with Crippen LogP contribution in [0.5, 0.6) is 17.2 Å². The molecule has 0 fully saturated rings. The fraction of sp³-hybridized carbons (Fsp3) is 0.571. The van der Waals surface area contributed by atoms with Gasteiger partial charge in [-0.05, 0) is 43.5 Å². The Morgan fingerprint density at radius 2 is 1.63 bits per heavy atom. The van der Waals surface area contributed by atoms with Gasteiger partial charge in [-0.15, -0.1) is 0 Å². The van der Waals surface area contributed by atoms with Crippen LogP contribution in [0.1, 0.15) is 30.9 Å². The molecule has 1 aromatic carbocycles. The monoisotopic (exact) mass is 269 g/mol. The second-order valence-electron chi connectivity index (χ2n) is 4.26. The van der Waals surface area contributed by atoms with E-state index in [1.54, 1.807) is 33.5 Å². The van der Waals surface area contributed by atoms with Crippen LogP contribution in [0, 0.1) is 0 Å². The molecule has 1 unspecified atom stereocenters. The molecule has 0 radical (unpaired) electrons. The molecule has 1 aromatic rings. The van der Waals surface area contributed by atoms with Gasteiger partial charge in [0.2, 0.25) is 5.75 Å². The minimum atomic E-state index is -0.555. The molecule has 5 heteroatoms. The normalized spacial score (nSPS) is 12.1. The summed E-state index contributed by atoms with van der Waals surface area (Å²) in [5.74, 6) is 1.63. The van der Waals surface area contributed by atoms with Gasteiger partial charge < -0.3 is 25.1 Å². The van der Waals surface area contributed by atoms with E-state index in [4.69, 9.17) is 19.9 Å². The summed E-state index contributed by atoms with van der Waals surface area (Å²) in [5.41, 5.74) is 6.20. The van der Waals surface area contributed by atoms with E-state index in [2.05, 4.69) is 0 Å². The van der Waals surface area contributed by atoms with Gasteiger partial charge in [-0.25, -0.2) is 0 Å². The Labute approximate surface area is 114 Å². The molecule has 0 aliphatic heterocycles. The predicted molar refractivity (Wildman–Crippen MR) is 74.0 cm³/mol. The largest absolute Gasteiger partial charge is 0.493 e. The number of ether oxygens (including phenoxy) is 3. The average Bonchev–Trinajstić information content (AvgIpc) is 2.45. The molecule has 0 aromatic heterocycles. The first kappa shape index (κ1) is 15.6. The van der Waals surface area contributed by atoms with E-state index in [9.17, 15) is 5.11 Å². The summed E-state index contributed by atoms with van der Waals surface area (Å²) in [6.07, 6.45) is 1.89. The SMILES string of the molecule is COc1cc(C(O)CCCCN)cc(OC)c1OC. The number of methoxy groups -OCH3 is 3. The summed E-state index contributed by atoms with van der Waals surface area (Å²) in [6, 6.07) is 3.54. The van der Waals surface area contributed by atoms with Crippen LogP contribution in [0.3, 0.4) is 0 Å². The zero-order valence-corrected chi connectivity index (χ0v) is 11.8. The Balaban J connectivity index is 2.95. The Hall–Kier alpha value is -1.46. The topological polar surface area (TPSA) is 73.9 Å². The maximum Gasteiger partial charge on any atom is 0.203 e. The van der Waals surface area contributed by atoms with Gasteiger partial charge in [-0.1, -0.05) is 0 Å². The lowest BCUT2D eigenvalue weighted by atomic mass is 10.0. The summed E-state index contributed by atoms with van der Waals surface area (Å²) in [5, 5.41) is 10.2. The van der Waals surface area contributed by atoms with Crippen LogP contribution in [0.4, 0.5) is 0 Å². The smallest absolute Gasteiger partial charge is 0.203 e. The van der Waals surface area contributed by atoms with Gasteiger partial charge in [-0.3, -0.25) is 0 Å².